The first-order valence-electron chi connectivity index (χ1n) is 5.07. The zero-order valence-corrected chi connectivity index (χ0v) is 9.41. The van der Waals surface area contributed by atoms with Gasteiger partial charge in [0.15, 0.2) is 0 Å². The van der Waals surface area contributed by atoms with Crippen LogP contribution in [0, 0.1) is 5.41 Å². The minimum Gasteiger partial charge on any atom is -0.306 e. The number of thioether (sulfide) groups is 1. The number of hydrogen-bond acceptors (Lipinski definition) is 2. The predicted molar refractivity (Wildman–Crippen MR) is 57.8 cm³/mol. The smallest absolute Gasteiger partial charge is 0.000173 e. The second-order valence-corrected chi connectivity index (χ2v) is 4.78. The van der Waals surface area contributed by atoms with Gasteiger partial charge < -0.3 is 4.90 Å². The first-order valence-corrected chi connectivity index (χ1v) is 6.23. The quantitative estimate of drug-likeness (QED) is 0.573. The SMILES string of the molecule is CC.CN1CCC2(CC1)CSC2. The van der Waals surface area contributed by atoms with Crippen molar-refractivity contribution in [2.75, 3.05) is 31.6 Å². The van der Waals surface area contributed by atoms with Crippen LogP contribution >= 0.6 is 11.8 Å². The van der Waals surface area contributed by atoms with Gasteiger partial charge in [-0.1, -0.05) is 13.8 Å². The molecular weight excluding hydrogens is 166 g/mol. The Balaban J connectivity index is 0.000000336. The van der Waals surface area contributed by atoms with Crippen molar-refractivity contribution < 1.29 is 0 Å². The second kappa shape index (κ2) is 4.52. The summed E-state index contributed by atoms with van der Waals surface area (Å²) < 4.78 is 0. The Labute approximate surface area is 80.9 Å². The molecule has 0 amide bonds. The maximum Gasteiger partial charge on any atom is -0.000173 e. The molecule has 2 saturated heterocycles. The number of rotatable bonds is 0. The highest BCUT2D eigenvalue weighted by atomic mass is 32.2. The van der Waals surface area contributed by atoms with Gasteiger partial charge in [0.1, 0.15) is 0 Å². The van der Waals surface area contributed by atoms with Crippen molar-refractivity contribution in [2.45, 2.75) is 26.7 Å². The molecule has 0 unspecified atom stereocenters. The van der Waals surface area contributed by atoms with E-state index >= 15 is 0 Å². The summed E-state index contributed by atoms with van der Waals surface area (Å²) in [7, 11) is 2.23. The van der Waals surface area contributed by atoms with Crippen molar-refractivity contribution in [3.05, 3.63) is 0 Å². The molecule has 12 heavy (non-hydrogen) atoms. The highest BCUT2D eigenvalue weighted by Crippen LogP contribution is 2.45. The standard InChI is InChI=1S/C8H15NS.C2H6/c1-9-4-2-8(3-5-9)6-10-7-8;1-2/h2-7H2,1H3;1-2H3. The van der Waals surface area contributed by atoms with E-state index in [2.05, 4.69) is 23.7 Å². The van der Waals surface area contributed by atoms with Crippen LogP contribution in [0.3, 0.4) is 0 Å². The van der Waals surface area contributed by atoms with Crippen LogP contribution in [0.4, 0.5) is 0 Å². The van der Waals surface area contributed by atoms with Gasteiger partial charge in [-0.25, -0.2) is 0 Å². The molecule has 2 heteroatoms. The molecule has 0 aliphatic carbocycles. The van der Waals surface area contributed by atoms with Gasteiger partial charge in [0.25, 0.3) is 0 Å². The van der Waals surface area contributed by atoms with E-state index < -0.39 is 0 Å². The molecule has 0 aromatic heterocycles. The van der Waals surface area contributed by atoms with Crippen LogP contribution in [0.1, 0.15) is 26.7 Å². The number of nitrogens with zero attached hydrogens (tertiary/aromatic N) is 1. The molecule has 0 aromatic carbocycles. The Morgan fingerprint density at radius 2 is 1.58 bits per heavy atom. The minimum absolute atomic E-state index is 0.803. The largest absolute Gasteiger partial charge is 0.306 e. The van der Waals surface area contributed by atoms with Gasteiger partial charge in [0.2, 0.25) is 0 Å². The highest BCUT2D eigenvalue weighted by Gasteiger charge is 2.39. The summed E-state index contributed by atoms with van der Waals surface area (Å²) in [4.78, 5) is 2.45. The summed E-state index contributed by atoms with van der Waals surface area (Å²) in [6.07, 6.45) is 2.91. The van der Waals surface area contributed by atoms with E-state index in [0.29, 0.717) is 0 Å². The number of hydrogen-bond donors (Lipinski definition) is 0. The third kappa shape index (κ3) is 2.17. The maximum absolute atomic E-state index is 2.45. The first kappa shape index (κ1) is 10.4. The average molecular weight is 187 g/mol. The maximum atomic E-state index is 2.45. The van der Waals surface area contributed by atoms with Crippen molar-refractivity contribution in [1.82, 2.24) is 4.90 Å². The fourth-order valence-corrected chi connectivity index (χ4v) is 3.13. The zero-order chi connectivity index (χ0) is 9.03. The lowest BCUT2D eigenvalue weighted by atomic mass is 9.81. The first-order chi connectivity index (χ1) is 5.81. The van der Waals surface area contributed by atoms with Crippen molar-refractivity contribution in [3.8, 4) is 0 Å². The molecule has 1 nitrogen and oxygen atoms in total. The summed E-state index contributed by atoms with van der Waals surface area (Å²) in [6, 6.07) is 0. The van der Waals surface area contributed by atoms with E-state index in [1.807, 2.05) is 13.8 Å². The van der Waals surface area contributed by atoms with Gasteiger partial charge in [-0.2, -0.15) is 11.8 Å². The molecule has 0 atom stereocenters. The van der Waals surface area contributed by atoms with Crippen LogP contribution in [0.25, 0.3) is 0 Å². The molecule has 2 rings (SSSR count). The molecule has 1 spiro atoms. The van der Waals surface area contributed by atoms with E-state index in [9.17, 15) is 0 Å². The Morgan fingerprint density at radius 3 is 1.92 bits per heavy atom. The fourth-order valence-electron chi connectivity index (χ4n) is 1.77. The van der Waals surface area contributed by atoms with E-state index in [1.165, 1.54) is 37.4 Å². The van der Waals surface area contributed by atoms with Gasteiger partial charge in [-0.15, -0.1) is 0 Å². The van der Waals surface area contributed by atoms with E-state index in [4.69, 9.17) is 0 Å². The average Bonchev–Trinajstić information content (AvgIpc) is 2.07. The molecule has 2 aliphatic heterocycles. The lowest BCUT2D eigenvalue weighted by molar-refractivity contribution is 0.155. The molecular formula is C10H21NS. The van der Waals surface area contributed by atoms with Crippen molar-refractivity contribution >= 4 is 11.8 Å². The Morgan fingerprint density at radius 1 is 1.08 bits per heavy atom. The molecule has 2 heterocycles. The zero-order valence-electron chi connectivity index (χ0n) is 8.60. The molecule has 0 N–H and O–H groups in total. The van der Waals surface area contributed by atoms with Crippen LogP contribution in [0.2, 0.25) is 0 Å². The summed E-state index contributed by atoms with van der Waals surface area (Å²) in [5.74, 6) is 2.89. The van der Waals surface area contributed by atoms with Crippen LogP contribution in [0.5, 0.6) is 0 Å². The molecule has 72 valence electrons. The molecule has 2 aliphatic rings. The third-order valence-electron chi connectivity index (χ3n) is 2.86. The van der Waals surface area contributed by atoms with E-state index in [-0.39, 0.29) is 0 Å². The van der Waals surface area contributed by atoms with Gasteiger partial charge in [-0.05, 0) is 49.9 Å². The molecule has 0 bridgehead atoms. The van der Waals surface area contributed by atoms with Crippen LogP contribution in [-0.2, 0) is 0 Å². The van der Waals surface area contributed by atoms with Crippen molar-refractivity contribution in [2.24, 2.45) is 5.41 Å². The number of piperidine rings is 1. The topological polar surface area (TPSA) is 3.24 Å². The van der Waals surface area contributed by atoms with Gasteiger partial charge in [0, 0.05) is 0 Å². The van der Waals surface area contributed by atoms with Crippen LogP contribution in [0.15, 0.2) is 0 Å². The molecule has 0 aromatic rings. The predicted octanol–water partition coefficient (Wildman–Crippen LogP) is 2.47. The summed E-state index contributed by atoms with van der Waals surface area (Å²) in [6.45, 7) is 6.67. The molecule has 0 radical (unpaired) electrons. The Hall–Kier alpha value is 0.310. The van der Waals surface area contributed by atoms with Gasteiger partial charge >= 0.3 is 0 Å². The van der Waals surface area contributed by atoms with Crippen molar-refractivity contribution in [3.63, 3.8) is 0 Å². The summed E-state index contributed by atoms with van der Waals surface area (Å²) in [5.41, 5.74) is 0.803. The number of likely N-dealkylation sites (tertiary alicyclic amines) is 1. The van der Waals surface area contributed by atoms with E-state index in [1.54, 1.807) is 0 Å². The molecule has 0 saturated carbocycles. The Kier molecular flexibility index (Phi) is 3.91. The summed E-state index contributed by atoms with van der Waals surface area (Å²) >= 11 is 2.13. The fraction of sp³-hybridized carbons (Fsp3) is 1.00. The van der Waals surface area contributed by atoms with Crippen LogP contribution < -0.4 is 0 Å². The monoisotopic (exact) mass is 187 g/mol. The lowest BCUT2D eigenvalue weighted by Crippen LogP contribution is -2.45. The van der Waals surface area contributed by atoms with Crippen molar-refractivity contribution in [1.29, 1.82) is 0 Å². The van der Waals surface area contributed by atoms with Crippen LogP contribution in [-0.4, -0.2) is 36.5 Å². The normalized spacial score (nSPS) is 27.2. The molecule has 2 fully saturated rings. The second-order valence-electron chi connectivity index (χ2n) is 3.80. The highest BCUT2D eigenvalue weighted by molar-refractivity contribution is 8.00. The Bertz CT molecular complexity index is 122. The summed E-state index contributed by atoms with van der Waals surface area (Å²) in [5, 5.41) is 0. The van der Waals surface area contributed by atoms with E-state index in [0.717, 1.165) is 5.41 Å². The third-order valence-corrected chi connectivity index (χ3v) is 4.50. The van der Waals surface area contributed by atoms with Gasteiger partial charge in [-0.3, -0.25) is 0 Å². The lowest BCUT2D eigenvalue weighted by Gasteiger charge is -2.46. The minimum atomic E-state index is 0.803. The van der Waals surface area contributed by atoms with Gasteiger partial charge in [0.05, 0.1) is 0 Å².